The smallest absolute Gasteiger partial charge is 0.264 e. The molecule has 0 aliphatic carbocycles. The SMILES string of the molecule is COc1ccc(/C(C)=N/NC(=O)/C=C/c2ccc(C(C)(C)C)cc2)cc1OC. The number of carbonyl (C=O) groups excluding carboxylic acids is 1. The fourth-order valence-corrected chi connectivity index (χ4v) is 2.57. The van der Waals surface area contributed by atoms with Gasteiger partial charge in [0.1, 0.15) is 0 Å². The van der Waals surface area contributed by atoms with Gasteiger partial charge in [0.25, 0.3) is 5.91 Å². The molecule has 0 unspecified atom stereocenters. The van der Waals surface area contributed by atoms with Crippen LogP contribution in [0.1, 0.15) is 44.4 Å². The summed E-state index contributed by atoms with van der Waals surface area (Å²) in [6.07, 6.45) is 3.24. The summed E-state index contributed by atoms with van der Waals surface area (Å²) >= 11 is 0. The molecule has 0 aliphatic rings. The molecule has 0 spiro atoms. The van der Waals surface area contributed by atoms with Gasteiger partial charge in [-0.1, -0.05) is 45.0 Å². The van der Waals surface area contributed by atoms with Crippen LogP contribution in [0.2, 0.25) is 0 Å². The van der Waals surface area contributed by atoms with E-state index in [1.54, 1.807) is 26.4 Å². The maximum Gasteiger partial charge on any atom is 0.264 e. The number of carbonyl (C=O) groups is 1. The van der Waals surface area contributed by atoms with Crippen molar-refractivity contribution < 1.29 is 14.3 Å². The van der Waals surface area contributed by atoms with Crippen molar-refractivity contribution in [3.05, 3.63) is 65.2 Å². The molecule has 5 heteroatoms. The van der Waals surface area contributed by atoms with Gasteiger partial charge in [0.05, 0.1) is 19.9 Å². The Morgan fingerprint density at radius 2 is 1.64 bits per heavy atom. The third kappa shape index (κ3) is 5.71. The first kappa shape index (κ1) is 21.2. The average molecular weight is 380 g/mol. The molecule has 2 aromatic carbocycles. The second-order valence-electron chi connectivity index (χ2n) is 7.45. The van der Waals surface area contributed by atoms with E-state index in [4.69, 9.17) is 9.47 Å². The van der Waals surface area contributed by atoms with Crippen LogP contribution in [0.15, 0.2) is 53.6 Å². The van der Waals surface area contributed by atoms with Crippen molar-refractivity contribution in [1.82, 2.24) is 5.43 Å². The molecule has 0 aliphatic heterocycles. The second-order valence-corrected chi connectivity index (χ2v) is 7.45. The van der Waals surface area contributed by atoms with E-state index in [9.17, 15) is 4.79 Å². The highest BCUT2D eigenvalue weighted by molar-refractivity contribution is 6.00. The van der Waals surface area contributed by atoms with E-state index in [1.807, 2.05) is 31.2 Å². The predicted molar refractivity (Wildman–Crippen MR) is 114 cm³/mol. The summed E-state index contributed by atoms with van der Waals surface area (Å²) in [6, 6.07) is 13.6. The zero-order valence-electron chi connectivity index (χ0n) is 17.4. The number of benzene rings is 2. The van der Waals surface area contributed by atoms with Crippen LogP contribution < -0.4 is 14.9 Å². The topological polar surface area (TPSA) is 59.9 Å². The molecule has 1 amide bonds. The third-order valence-corrected chi connectivity index (χ3v) is 4.34. The van der Waals surface area contributed by atoms with Crippen LogP contribution in [-0.2, 0) is 10.2 Å². The van der Waals surface area contributed by atoms with Gasteiger partial charge < -0.3 is 9.47 Å². The van der Waals surface area contributed by atoms with Gasteiger partial charge >= 0.3 is 0 Å². The van der Waals surface area contributed by atoms with E-state index < -0.39 is 0 Å². The summed E-state index contributed by atoms with van der Waals surface area (Å²) in [6.45, 7) is 8.33. The van der Waals surface area contributed by atoms with Gasteiger partial charge in [0.2, 0.25) is 0 Å². The lowest BCUT2D eigenvalue weighted by Gasteiger charge is -2.18. The fraction of sp³-hybridized carbons (Fsp3) is 0.304. The molecule has 2 rings (SSSR count). The molecule has 0 saturated heterocycles. The molecule has 5 nitrogen and oxygen atoms in total. The highest BCUT2D eigenvalue weighted by Crippen LogP contribution is 2.27. The lowest BCUT2D eigenvalue weighted by molar-refractivity contribution is -0.116. The Labute approximate surface area is 167 Å². The average Bonchev–Trinajstić information content (AvgIpc) is 2.69. The zero-order chi connectivity index (χ0) is 20.7. The number of hydrogen-bond acceptors (Lipinski definition) is 4. The predicted octanol–water partition coefficient (Wildman–Crippen LogP) is 4.55. The Hall–Kier alpha value is -3.08. The standard InChI is InChI=1S/C23H28N2O3/c1-16(18-10-13-20(27-5)21(15-18)28-6)24-25-22(26)14-9-17-7-11-19(12-8-17)23(2,3)4/h7-15H,1-6H3,(H,25,26)/b14-9+,24-16+. The summed E-state index contributed by atoms with van der Waals surface area (Å²) in [5, 5.41) is 4.15. The maximum atomic E-state index is 12.1. The highest BCUT2D eigenvalue weighted by atomic mass is 16.5. The normalized spacial score (nSPS) is 12.1. The van der Waals surface area contributed by atoms with Crippen LogP contribution >= 0.6 is 0 Å². The van der Waals surface area contributed by atoms with E-state index in [2.05, 4.69) is 43.4 Å². The minimum atomic E-state index is -0.292. The summed E-state index contributed by atoms with van der Waals surface area (Å²) in [5.74, 6) is 0.961. The number of hydrazone groups is 1. The molecule has 0 radical (unpaired) electrons. The number of rotatable bonds is 6. The van der Waals surface area contributed by atoms with Crippen molar-refractivity contribution >= 4 is 17.7 Å². The molecular weight excluding hydrogens is 352 g/mol. The number of nitrogens with zero attached hydrogens (tertiary/aromatic N) is 1. The molecule has 0 heterocycles. The summed E-state index contributed by atoms with van der Waals surface area (Å²) in [7, 11) is 3.16. The van der Waals surface area contributed by atoms with Crippen molar-refractivity contribution in [1.29, 1.82) is 0 Å². The van der Waals surface area contributed by atoms with E-state index in [1.165, 1.54) is 11.6 Å². The fourth-order valence-electron chi connectivity index (χ4n) is 2.57. The highest BCUT2D eigenvalue weighted by Gasteiger charge is 2.12. The molecule has 148 valence electrons. The van der Waals surface area contributed by atoms with Gasteiger partial charge in [-0.05, 0) is 47.7 Å². The number of methoxy groups -OCH3 is 2. The summed E-state index contributed by atoms with van der Waals surface area (Å²) in [4.78, 5) is 12.1. The van der Waals surface area contributed by atoms with E-state index in [-0.39, 0.29) is 11.3 Å². The van der Waals surface area contributed by atoms with Gasteiger partial charge in [-0.3, -0.25) is 4.79 Å². The van der Waals surface area contributed by atoms with E-state index in [0.717, 1.165) is 11.1 Å². The van der Waals surface area contributed by atoms with Crippen LogP contribution in [0.25, 0.3) is 6.08 Å². The van der Waals surface area contributed by atoms with Crippen molar-refractivity contribution in [3.63, 3.8) is 0 Å². The van der Waals surface area contributed by atoms with Gasteiger partial charge in [-0.25, -0.2) is 5.43 Å². The maximum absolute atomic E-state index is 12.1. The lowest BCUT2D eigenvalue weighted by atomic mass is 9.87. The Morgan fingerprint density at radius 1 is 1.00 bits per heavy atom. The van der Waals surface area contributed by atoms with E-state index in [0.29, 0.717) is 17.2 Å². The zero-order valence-corrected chi connectivity index (χ0v) is 17.4. The first-order valence-corrected chi connectivity index (χ1v) is 9.10. The number of ether oxygens (including phenoxy) is 2. The van der Waals surface area contributed by atoms with Crippen molar-refractivity contribution in [2.24, 2.45) is 5.10 Å². The third-order valence-electron chi connectivity index (χ3n) is 4.34. The molecule has 0 fully saturated rings. The Bertz CT molecular complexity index is 876. The van der Waals surface area contributed by atoms with E-state index >= 15 is 0 Å². The van der Waals surface area contributed by atoms with Gasteiger partial charge in [-0.15, -0.1) is 0 Å². The van der Waals surface area contributed by atoms with Gasteiger partial charge in [-0.2, -0.15) is 5.10 Å². The molecule has 2 aromatic rings. The molecule has 0 aromatic heterocycles. The number of amides is 1. The summed E-state index contributed by atoms with van der Waals surface area (Å²) < 4.78 is 10.5. The minimum Gasteiger partial charge on any atom is -0.493 e. The Kier molecular flexibility index (Phi) is 6.99. The Balaban J connectivity index is 2.01. The molecule has 1 N–H and O–H groups in total. The van der Waals surface area contributed by atoms with Gasteiger partial charge in [0.15, 0.2) is 11.5 Å². The molecule has 0 bridgehead atoms. The molecule has 0 saturated carbocycles. The number of hydrogen-bond donors (Lipinski definition) is 1. The molecular formula is C23H28N2O3. The first-order valence-electron chi connectivity index (χ1n) is 9.10. The largest absolute Gasteiger partial charge is 0.493 e. The molecule has 0 atom stereocenters. The monoisotopic (exact) mass is 380 g/mol. The van der Waals surface area contributed by atoms with Crippen LogP contribution in [0.5, 0.6) is 11.5 Å². The van der Waals surface area contributed by atoms with Gasteiger partial charge in [0, 0.05) is 11.6 Å². The quantitative estimate of drug-likeness (QED) is 0.454. The Morgan fingerprint density at radius 3 is 2.21 bits per heavy atom. The number of nitrogens with one attached hydrogen (secondary N) is 1. The van der Waals surface area contributed by atoms with Crippen molar-refractivity contribution in [2.75, 3.05) is 14.2 Å². The lowest BCUT2D eigenvalue weighted by Crippen LogP contribution is -2.16. The second kappa shape index (κ2) is 9.22. The first-order chi connectivity index (χ1) is 13.2. The van der Waals surface area contributed by atoms with Crippen LogP contribution in [0.4, 0.5) is 0 Å². The van der Waals surface area contributed by atoms with Crippen molar-refractivity contribution in [3.8, 4) is 11.5 Å². The van der Waals surface area contributed by atoms with Crippen LogP contribution in [0, 0.1) is 0 Å². The molecule has 28 heavy (non-hydrogen) atoms. The minimum absolute atomic E-state index is 0.107. The summed E-state index contributed by atoms with van der Waals surface area (Å²) in [5.41, 5.74) is 6.36. The van der Waals surface area contributed by atoms with Crippen molar-refractivity contribution in [2.45, 2.75) is 33.1 Å². The van der Waals surface area contributed by atoms with Crippen LogP contribution in [0.3, 0.4) is 0 Å². The van der Waals surface area contributed by atoms with Crippen LogP contribution in [-0.4, -0.2) is 25.8 Å².